The van der Waals surface area contributed by atoms with Crippen LogP contribution in [0.5, 0.6) is 5.75 Å². The molecule has 2 aliphatic heterocycles. The Bertz CT molecular complexity index is 1140. The van der Waals surface area contributed by atoms with Crippen LogP contribution in [-0.2, 0) is 0 Å². The number of halogens is 3. The number of anilines is 2. The number of fused-ring (bicyclic) bond motifs is 1. The van der Waals surface area contributed by atoms with Crippen molar-refractivity contribution in [1.29, 1.82) is 0 Å². The third kappa shape index (κ3) is 4.17. The second kappa shape index (κ2) is 8.62. The highest BCUT2D eigenvalue weighted by Gasteiger charge is 2.47. The van der Waals surface area contributed by atoms with Gasteiger partial charge in [-0.3, -0.25) is 4.79 Å². The van der Waals surface area contributed by atoms with Crippen molar-refractivity contribution in [2.24, 2.45) is 0 Å². The molecule has 0 saturated carbocycles. The molecule has 8 nitrogen and oxygen atoms in total. The first kappa shape index (κ1) is 22.2. The maximum absolute atomic E-state index is 13.8. The van der Waals surface area contributed by atoms with Gasteiger partial charge >= 0.3 is 6.18 Å². The van der Waals surface area contributed by atoms with Crippen molar-refractivity contribution in [2.75, 3.05) is 43.5 Å². The standard InChI is InChI=1S/C23H24F3N5O3/c1-33-16-6-4-15(5-7-16)29-8-10-30(11-9-29)22(32)18-14-21-27-17(19-3-2-12-34-19)13-20(23(24,25)26)31(21)28-18/h2-7,12,14,17,20,27H,8-11,13H2,1H3/t17-,20-/m1/s1. The van der Waals surface area contributed by atoms with E-state index in [0.29, 0.717) is 31.9 Å². The fraction of sp³-hybridized carbons (Fsp3) is 0.391. The Morgan fingerprint density at radius 3 is 2.50 bits per heavy atom. The van der Waals surface area contributed by atoms with Crippen LogP contribution in [0.25, 0.3) is 0 Å². The Balaban J connectivity index is 1.31. The number of amides is 1. The predicted molar refractivity (Wildman–Crippen MR) is 118 cm³/mol. The summed E-state index contributed by atoms with van der Waals surface area (Å²) in [5.41, 5.74) is 1.02. The van der Waals surface area contributed by atoms with Crippen molar-refractivity contribution in [3.05, 3.63) is 60.2 Å². The Hall–Kier alpha value is -3.63. The number of ether oxygens (including phenoxy) is 1. The molecule has 5 rings (SSSR count). The van der Waals surface area contributed by atoms with Gasteiger partial charge in [0.25, 0.3) is 5.91 Å². The minimum Gasteiger partial charge on any atom is -0.497 e. The van der Waals surface area contributed by atoms with E-state index in [9.17, 15) is 18.0 Å². The van der Waals surface area contributed by atoms with Crippen molar-refractivity contribution in [3.63, 3.8) is 0 Å². The quantitative estimate of drug-likeness (QED) is 0.612. The average molecular weight is 475 g/mol. The smallest absolute Gasteiger partial charge is 0.410 e. The number of hydrogen-bond acceptors (Lipinski definition) is 6. The van der Waals surface area contributed by atoms with Gasteiger partial charge < -0.3 is 24.3 Å². The van der Waals surface area contributed by atoms with Crippen LogP contribution in [0.3, 0.4) is 0 Å². The lowest BCUT2D eigenvalue weighted by atomic mass is 10.0. The zero-order valence-corrected chi connectivity index (χ0v) is 18.5. The van der Waals surface area contributed by atoms with E-state index in [1.165, 1.54) is 12.3 Å². The molecule has 2 aliphatic rings. The first-order valence-corrected chi connectivity index (χ1v) is 11.0. The van der Waals surface area contributed by atoms with Crippen molar-refractivity contribution in [3.8, 4) is 5.75 Å². The average Bonchev–Trinajstić information content (AvgIpc) is 3.53. The number of aromatic nitrogens is 2. The van der Waals surface area contributed by atoms with E-state index in [0.717, 1.165) is 16.1 Å². The summed E-state index contributed by atoms with van der Waals surface area (Å²) in [7, 11) is 1.61. The number of benzene rings is 1. The molecule has 1 saturated heterocycles. The molecule has 180 valence electrons. The third-order valence-corrected chi connectivity index (χ3v) is 6.30. The first-order chi connectivity index (χ1) is 16.3. The van der Waals surface area contributed by atoms with Crippen molar-refractivity contribution < 1.29 is 27.1 Å². The number of rotatable bonds is 4. The van der Waals surface area contributed by atoms with E-state index in [-0.39, 0.29) is 23.8 Å². The van der Waals surface area contributed by atoms with Gasteiger partial charge in [0.05, 0.1) is 19.4 Å². The third-order valence-electron chi connectivity index (χ3n) is 6.30. The van der Waals surface area contributed by atoms with Crippen LogP contribution in [0.2, 0.25) is 0 Å². The minimum absolute atomic E-state index is 0.00487. The summed E-state index contributed by atoms with van der Waals surface area (Å²) in [5, 5.41) is 7.11. The summed E-state index contributed by atoms with van der Waals surface area (Å²) in [6.07, 6.45) is -3.37. The molecule has 34 heavy (non-hydrogen) atoms. The highest BCUT2D eigenvalue weighted by Crippen LogP contribution is 2.43. The van der Waals surface area contributed by atoms with Gasteiger partial charge in [0.15, 0.2) is 11.7 Å². The number of alkyl halides is 3. The molecule has 1 fully saturated rings. The maximum atomic E-state index is 13.8. The van der Waals surface area contributed by atoms with E-state index >= 15 is 0 Å². The lowest BCUT2D eigenvalue weighted by Crippen LogP contribution is -2.49. The van der Waals surface area contributed by atoms with Crippen molar-refractivity contribution in [2.45, 2.75) is 24.7 Å². The van der Waals surface area contributed by atoms with Crippen LogP contribution >= 0.6 is 0 Å². The zero-order valence-electron chi connectivity index (χ0n) is 18.5. The highest BCUT2D eigenvalue weighted by molar-refractivity contribution is 5.93. The van der Waals surface area contributed by atoms with Crippen LogP contribution in [-0.4, -0.2) is 60.1 Å². The van der Waals surface area contributed by atoms with E-state index in [1.54, 1.807) is 24.1 Å². The Kier molecular flexibility index (Phi) is 5.62. The molecule has 3 aromatic rings. The summed E-state index contributed by atoms with van der Waals surface area (Å²) in [5.74, 6) is 0.939. The molecule has 0 bridgehead atoms. The number of carbonyl (C=O) groups excluding carboxylic acids is 1. The molecule has 1 N–H and O–H groups in total. The fourth-order valence-electron chi connectivity index (χ4n) is 4.48. The molecule has 2 atom stereocenters. The normalized spacial score (nSPS) is 20.6. The number of furan rings is 1. The number of nitrogens with zero attached hydrogens (tertiary/aromatic N) is 4. The van der Waals surface area contributed by atoms with Gasteiger partial charge in [-0.25, -0.2) is 4.68 Å². The molecular formula is C23H24F3N5O3. The number of methoxy groups -OCH3 is 1. The van der Waals surface area contributed by atoms with Gasteiger partial charge in [0.1, 0.15) is 17.3 Å². The largest absolute Gasteiger partial charge is 0.497 e. The summed E-state index contributed by atoms with van der Waals surface area (Å²) in [6.45, 7) is 2.10. The molecule has 1 amide bonds. The summed E-state index contributed by atoms with van der Waals surface area (Å²) < 4.78 is 52.8. The highest BCUT2D eigenvalue weighted by atomic mass is 19.4. The molecule has 1 aromatic carbocycles. The van der Waals surface area contributed by atoms with Crippen molar-refractivity contribution >= 4 is 17.4 Å². The van der Waals surface area contributed by atoms with Gasteiger partial charge in [0.2, 0.25) is 0 Å². The van der Waals surface area contributed by atoms with Gasteiger partial charge in [-0.1, -0.05) is 0 Å². The second-order valence-corrected chi connectivity index (χ2v) is 8.34. The van der Waals surface area contributed by atoms with Crippen LogP contribution in [0.15, 0.2) is 53.1 Å². The monoisotopic (exact) mass is 475 g/mol. The molecule has 11 heteroatoms. The van der Waals surface area contributed by atoms with Crippen molar-refractivity contribution in [1.82, 2.24) is 14.7 Å². The number of hydrogen-bond donors (Lipinski definition) is 1. The Morgan fingerprint density at radius 2 is 1.88 bits per heavy atom. The summed E-state index contributed by atoms with van der Waals surface area (Å²) in [6, 6.07) is 9.81. The van der Waals surface area contributed by atoms with Crippen LogP contribution in [0.4, 0.5) is 24.7 Å². The van der Waals surface area contributed by atoms with E-state index < -0.39 is 18.3 Å². The van der Waals surface area contributed by atoms with Gasteiger partial charge in [-0.15, -0.1) is 0 Å². The topological polar surface area (TPSA) is 75.8 Å². The number of carbonyl (C=O) groups is 1. The molecule has 2 aromatic heterocycles. The molecule has 0 radical (unpaired) electrons. The van der Waals surface area contributed by atoms with Gasteiger partial charge in [-0.05, 0) is 36.4 Å². The van der Waals surface area contributed by atoms with E-state index in [2.05, 4.69) is 15.3 Å². The lowest BCUT2D eigenvalue weighted by molar-refractivity contribution is -0.174. The predicted octanol–water partition coefficient (Wildman–Crippen LogP) is 4.11. The van der Waals surface area contributed by atoms with Gasteiger partial charge in [0, 0.05) is 44.4 Å². The molecule has 4 heterocycles. The molecule has 0 unspecified atom stereocenters. The zero-order chi connectivity index (χ0) is 23.9. The SMILES string of the molecule is COc1ccc(N2CCN(C(=O)c3cc4n(n3)[C@@H](C(F)(F)F)C[C@H](c3ccco3)N4)CC2)cc1. The maximum Gasteiger partial charge on any atom is 0.410 e. The van der Waals surface area contributed by atoms with Crippen LogP contribution < -0.4 is 15.0 Å². The van der Waals surface area contributed by atoms with Crippen LogP contribution in [0.1, 0.15) is 34.8 Å². The first-order valence-electron chi connectivity index (χ1n) is 11.0. The summed E-state index contributed by atoms with van der Waals surface area (Å²) in [4.78, 5) is 16.9. The molecular weight excluding hydrogens is 451 g/mol. The second-order valence-electron chi connectivity index (χ2n) is 8.34. The van der Waals surface area contributed by atoms with Gasteiger partial charge in [-0.2, -0.15) is 18.3 Å². The minimum atomic E-state index is -4.52. The molecule has 0 spiro atoms. The van der Waals surface area contributed by atoms with E-state index in [4.69, 9.17) is 9.15 Å². The van der Waals surface area contributed by atoms with Crippen LogP contribution in [0, 0.1) is 0 Å². The fourth-order valence-corrected chi connectivity index (χ4v) is 4.48. The Labute approximate surface area is 193 Å². The number of piperazine rings is 1. The lowest BCUT2D eigenvalue weighted by Gasteiger charge is -2.35. The Morgan fingerprint density at radius 1 is 1.15 bits per heavy atom. The molecule has 0 aliphatic carbocycles. The van der Waals surface area contributed by atoms with E-state index in [1.807, 2.05) is 24.3 Å². The summed E-state index contributed by atoms with van der Waals surface area (Å²) >= 11 is 0. The number of nitrogens with one attached hydrogen (secondary N) is 1.